The quantitative estimate of drug-likeness (QED) is 0.368. The molecule has 0 fully saturated rings. The van der Waals surface area contributed by atoms with Crippen molar-refractivity contribution in [3.05, 3.63) is 77.4 Å². The van der Waals surface area contributed by atoms with E-state index in [1.54, 1.807) is 7.11 Å². The SMILES string of the molecule is CCN1c2cc(C)c(C=Nc3ccc(Oc4ccc(OC)cc4)cc3)cc2C(C)CC1(C)C. The van der Waals surface area contributed by atoms with E-state index in [2.05, 4.69) is 51.7 Å². The number of hydrogen-bond acceptors (Lipinski definition) is 4. The van der Waals surface area contributed by atoms with Gasteiger partial charge >= 0.3 is 0 Å². The lowest BCUT2D eigenvalue weighted by atomic mass is 9.79. The van der Waals surface area contributed by atoms with E-state index in [9.17, 15) is 0 Å². The second-order valence-corrected chi connectivity index (χ2v) is 9.46. The van der Waals surface area contributed by atoms with Gasteiger partial charge in [-0.05, 0) is 117 Å². The Kier molecular flexibility index (Phi) is 6.46. The molecule has 1 heterocycles. The Labute approximate surface area is 197 Å². The first-order valence-electron chi connectivity index (χ1n) is 11.7. The minimum atomic E-state index is 0.179. The smallest absolute Gasteiger partial charge is 0.127 e. The van der Waals surface area contributed by atoms with Crippen molar-refractivity contribution in [3.63, 3.8) is 0 Å². The lowest BCUT2D eigenvalue weighted by molar-refractivity contribution is 0.381. The van der Waals surface area contributed by atoms with Crippen molar-refractivity contribution in [1.82, 2.24) is 0 Å². The summed E-state index contributed by atoms with van der Waals surface area (Å²) in [4.78, 5) is 7.28. The van der Waals surface area contributed by atoms with E-state index in [0.717, 1.165) is 35.9 Å². The molecule has 3 aromatic rings. The van der Waals surface area contributed by atoms with Crippen LogP contribution in [-0.4, -0.2) is 25.4 Å². The summed E-state index contributed by atoms with van der Waals surface area (Å²) < 4.78 is 11.1. The van der Waals surface area contributed by atoms with Crippen molar-refractivity contribution in [2.75, 3.05) is 18.6 Å². The first-order valence-corrected chi connectivity index (χ1v) is 11.7. The molecule has 0 saturated carbocycles. The topological polar surface area (TPSA) is 34.1 Å². The molecule has 0 radical (unpaired) electrons. The molecule has 4 nitrogen and oxygen atoms in total. The van der Waals surface area contributed by atoms with Crippen molar-refractivity contribution in [2.24, 2.45) is 4.99 Å². The number of benzene rings is 3. The molecule has 1 aliphatic heterocycles. The van der Waals surface area contributed by atoms with Crippen LogP contribution in [0.15, 0.2) is 65.7 Å². The van der Waals surface area contributed by atoms with E-state index >= 15 is 0 Å². The van der Waals surface area contributed by atoms with Gasteiger partial charge in [-0.3, -0.25) is 4.99 Å². The first kappa shape index (κ1) is 22.9. The maximum Gasteiger partial charge on any atom is 0.127 e. The lowest BCUT2D eigenvalue weighted by Gasteiger charge is -2.47. The summed E-state index contributed by atoms with van der Waals surface area (Å²) in [5, 5.41) is 0. The van der Waals surface area contributed by atoms with Crippen LogP contribution in [0.3, 0.4) is 0 Å². The number of ether oxygens (including phenoxy) is 2. The van der Waals surface area contributed by atoms with Gasteiger partial charge in [0.05, 0.1) is 12.8 Å². The minimum Gasteiger partial charge on any atom is -0.497 e. The molecule has 3 aromatic carbocycles. The van der Waals surface area contributed by atoms with Crippen LogP contribution >= 0.6 is 0 Å². The van der Waals surface area contributed by atoms with Gasteiger partial charge in [-0.2, -0.15) is 0 Å². The Balaban J connectivity index is 1.51. The molecule has 1 unspecified atom stereocenters. The monoisotopic (exact) mass is 442 g/mol. The van der Waals surface area contributed by atoms with Gasteiger partial charge in [0.1, 0.15) is 17.2 Å². The summed E-state index contributed by atoms with van der Waals surface area (Å²) in [6.07, 6.45) is 3.14. The molecule has 0 bridgehead atoms. The number of fused-ring (bicyclic) bond motifs is 1. The van der Waals surface area contributed by atoms with Crippen LogP contribution in [0.25, 0.3) is 0 Å². The van der Waals surface area contributed by atoms with Crippen LogP contribution in [0.4, 0.5) is 11.4 Å². The highest BCUT2D eigenvalue weighted by atomic mass is 16.5. The second kappa shape index (κ2) is 9.30. The van der Waals surface area contributed by atoms with E-state index in [-0.39, 0.29) is 5.54 Å². The molecule has 1 aliphatic rings. The van der Waals surface area contributed by atoms with Crippen LogP contribution in [-0.2, 0) is 0 Å². The molecule has 0 aliphatic carbocycles. The van der Waals surface area contributed by atoms with Gasteiger partial charge in [-0.1, -0.05) is 6.92 Å². The third kappa shape index (κ3) is 4.90. The lowest BCUT2D eigenvalue weighted by Crippen LogP contribution is -2.48. The highest BCUT2D eigenvalue weighted by molar-refractivity contribution is 5.86. The molecule has 0 spiro atoms. The predicted molar refractivity (Wildman–Crippen MR) is 138 cm³/mol. The van der Waals surface area contributed by atoms with Gasteiger partial charge in [0.15, 0.2) is 0 Å². The molecule has 0 aromatic heterocycles. The van der Waals surface area contributed by atoms with E-state index < -0.39 is 0 Å². The molecule has 1 atom stereocenters. The first-order chi connectivity index (χ1) is 15.8. The van der Waals surface area contributed by atoms with Crippen molar-refractivity contribution < 1.29 is 9.47 Å². The summed E-state index contributed by atoms with van der Waals surface area (Å²) in [7, 11) is 1.65. The van der Waals surface area contributed by atoms with Gasteiger partial charge in [-0.25, -0.2) is 0 Å². The normalized spacial score (nSPS) is 17.2. The molecular weight excluding hydrogens is 408 g/mol. The number of hydrogen-bond donors (Lipinski definition) is 0. The highest BCUT2D eigenvalue weighted by Crippen LogP contribution is 2.44. The Bertz CT molecular complexity index is 1130. The number of aryl methyl sites for hydroxylation is 1. The number of rotatable bonds is 6. The van der Waals surface area contributed by atoms with Gasteiger partial charge < -0.3 is 14.4 Å². The number of nitrogens with zero attached hydrogens (tertiary/aromatic N) is 2. The summed E-state index contributed by atoms with van der Waals surface area (Å²) >= 11 is 0. The average Bonchev–Trinajstić information content (AvgIpc) is 2.79. The zero-order valence-electron chi connectivity index (χ0n) is 20.6. The standard InChI is InChI=1S/C29H34N2O2/c1-7-31-28-16-20(2)22(17-27(28)21(3)18-29(31,4)5)19-30-23-8-10-25(11-9-23)33-26-14-12-24(32-6)13-15-26/h8-17,19,21H,7,18H2,1-6H3. The molecule has 4 rings (SSSR count). The number of anilines is 1. The summed E-state index contributed by atoms with van der Waals surface area (Å²) in [6, 6.07) is 20.1. The summed E-state index contributed by atoms with van der Waals surface area (Å²) in [5.41, 5.74) is 6.30. The fourth-order valence-electron chi connectivity index (χ4n) is 4.91. The fraction of sp³-hybridized carbons (Fsp3) is 0.345. The maximum absolute atomic E-state index is 5.91. The van der Waals surface area contributed by atoms with E-state index in [1.807, 2.05) is 54.7 Å². The van der Waals surface area contributed by atoms with Gasteiger partial charge in [0.2, 0.25) is 0 Å². The molecule has 0 saturated heterocycles. The Morgan fingerprint density at radius 2 is 1.61 bits per heavy atom. The molecule has 33 heavy (non-hydrogen) atoms. The van der Waals surface area contributed by atoms with Crippen LogP contribution < -0.4 is 14.4 Å². The third-order valence-corrected chi connectivity index (χ3v) is 6.57. The Morgan fingerprint density at radius 3 is 2.21 bits per heavy atom. The van der Waals surface area contributed by atoms with E-state index in [1.165, 1.54) is 22.4 Å². The maximum atomic E-state index is 5.91. The molecule has 172 valence electrons. The fourth-order valence-corrected chi connectivity index (χ4v) is 4.91. The number of methoxy groups -OCH3 is 1. The summed E-state index contributed by atoms with van der Waals surface area (Å²) in [6.45, 7) is 12.5. The van der Waals surface area contributed by atoms with E-state index in [0.29, 0.717) is 5.92 Å². The zero-order valence-corrected chi connectivity index (χ0v) is 20.6. The second-order valence-electron chi connectivity index (χ2n) is 9.46. The zero-order chi connectivity index (χ0) is 23.6. The van der Waals surface area contributed by atoms with Crippen LogP contribution in [0.5, 0.6) is 17.2 Å². The molecule has 0 N–H and O–H groups in total. The van der Waals surface area contributed by atoms with Gasteiger partial charge in [0, 0.05) is 24.0 Å². The molecule has 0 amide bonds. The van der Waals surface area contributed by atoms with Crippen molar-refractivity contribution >= 4 is 17.6 Å². The Morgan fingerprint density at radius 1 is 1.00 bits per heavy atom. The van der Waals surface area contributed by atoms with Crippen molar-refractivity contribution in [3.8, 4) is 17.2 Å². The van der Waals surface area contributed by atoms with Crippen molar-refractivity contribution in [1.29, 1.82) is 0 Å². The average molecular weight is 443 g/mol. The summed E-state index contributed by atoms with van der Waals surface area (Å²) in [5.74, 6) is 2.89. The van der Waals surface area contributed by atoms with Crippen LogP contribution in [0.1, 0.15) is 56.7 Å². The minimum absolute atomic E-state index is 0.179. The van der Waals surface area contributed by atoms with Crippen LogP contribution in [0, 0.1) is 6.92 Å². The highest BCUT2D eigenvalue weighted by Gasteiger charge is 2.35. The molecular formula is C29H34N2O2. The number of aliphatic imine (C=N–C) groups is 1. The van der Waals surface area contributed by atoms with Gasteiger partial charge in [0.25, 0.3) is 0 Å². The van der Waals surface area contributed by atoms with Crippen molar-refractivity contribution in [2.45, 2.75) is 52.5 Å². The van der Waals surface area contributed by atoms with E-state index in [4.69, 9.17) is 14.5 Å². The Hall–Kier alpha value is -3.27. The van der Waals surface area contributed by atoms with Gasteiger partial charge in [-0.15, -0.1) is 0 Å². The largest absolute Gasteiger partial charge is 0.497 e. The van der Waals surface area contributed by atoms with Crippen LogP contribution in [0.2, 0.25) is 0 Å². The third-order valence-electron chi connectivity index (χ3n) is 6.57. The predicted octanol–water partition coefficient (Wildman–Crippen LogP) is 7.66. The molecule has 4 heteroatoms.